The Hall–Kier alpha value is -3.88. The van der Waals surface area contributed by atoms with E-state index in [0.717, 1.165) is 40.7 Å². The van der Waals surface area contributed by atoms with Gasteiger partial charge in [0.05, 0.1) is 7.11 Å². The summed E-state index contributed by atoms with van der Waals surface area (Å²) in [5, 5.41) is 14.8. The topological polar surface area (TPSA) is 103 Å². The molecule has 4 aromatic rings. The monoisotopic (exact) mass is 435 g/mol. The molecule has 2 aromatic heterocycles. The van der Waals surface area contributed by atoms with Gasteiger partial charge in [-0.05, 0) is 61.4 Å². The van der Waals surface area contributed by atoms with Crippen LogP contribution in [0.2, 0.25) is 0 Å². The molecule has 0 atom stereocenters. The summed E-state index contributed by atoms with van der Waals surface area (Å²) in [6.45, 7) is 3.81. The molecule has 0 aliphatic rings. The largest absolute Gasteiger partial charge is 0.497 e. The molecule has 2 aromatic carbocycles. The molecule has 9 heteroatoms. The van der Waals surface area contributed by atoms with Crippen LogP contribution >= 0.6 is 0 Å². The van der Waals surface area contributed by atoms with Crippen LogP contribution in [0.5, 0.6) is 5.75 Å². The highest BCUT2D eigenvalue weighted by atomic mass is 19.1. The van der Waals surface area contributed by atoms with Crippen molar-refractivity contribution >= 4 is 16.9 Å². The summed E-state index contributed by atoms with van der Waals surface area (Å²) in [5.41, 5.74) is 2.84. The third-order valence-electron chi connectivity index (χ3n) is 5.03. The van der Waals surface area contributed by atoms with Gasteiger partial charge in [-0.1, -0.05) is 0 Å². The Morgan fingerprint density at radius 3 is 2.78 bits per heavy atom. The van der Waals surface area contributed by atoms with Crippen molar-refractivity contribution in [2.24, 2.45) is 4.99 Å². The molecule has 32 heavy (non-hydrogen) atoms. The zero-order chi connectivity index (χ0) is 22.3. The minimum Gasteiger partial charge on any atom is -0.497 e. The third kappa shape index (κ3) is 5.05. The number of aliphatic imine (C=N–C) groups is 1. The molecule has 166 valence electrons. The maximum atomic E-state index is 13.4. The molecular weight excluding hydrogens is 409 g/mol. The summed E-state index contributed by atoms with van der Waals surface area (Å²) >= 11 is 0. The highest BCUT2D eigenvalue weighted by Crippen LogP contribution is 2.20. The standard InChI is InChI=1S/C23H26FN7O/c1-3-25-23(26-11-10-16-13-27-20-12-17(24)6-9-19(16)20)28-14-21-29-22(31-30-21)15-4-7-18(32-2)8-5-15/h4-9,12-13,27H,3,10-11,14H2,1-2H3,(H2,25,26,28)(H,29,30,31). The number of halogens is 1. The molecule has 0 spiro atoms. The molecule has 0 unspecified atom stereocenters. The number of nitrogens with zero attached hydrogens (tertiary/aromatic N) is 3. The zero-order valence-corrected chi connectivity index (χ0v) is 18.1. The van der Waals surface area contributed by atoms with Crippen LogP contribution in [-0.4, -0.2) is 46.3 Å². The maximum Gasteiger partial charge on any atom is 0.191 e. The molecular formula is C23H26FN7O. The average Bonchev–Trinajstić information content (AvgIpc) is 3.44. The van der Waals surface area contributed by atoms with E-state index in [0.29, 0.717) is 30.7 Å². The van der Waals surface area contributed by atoms with Crippen LogP contribution in [-0.2, 0) is 13.0 Å². The van der Waals surface area contributed by atoms with Gasteiger partial charge < -0.3 is 20.4 Å². The van der Waals surface area contributed by atoms with Gasteiger partial charge in [0.15, 0.2) is 11.8 Å². The molecule has 4 rings (SSSR count). The molecule has 0 bridgehead atoms. The summed E-state index contributed by atoms with van der Waals surface area (Å²) < 4.78 is 18.6. The first-order valence-corrected chi connectivity index (χ1v) is 10.5. The second kappa shape index (κ2) is 9.95. The Balaban J connectivity index is 1.36. The van der Waals surface area contributed by atoms with E-state index in [1.165, 1.54) is 12.1 Å². The van der Waals surface area contributed by atoms with Crippen LogP contribution in [0.1, 0.15) is 18.3 Å². The lowest BCUT2D eigenvalue weighted by atomic mass is 10.1. The lowest BCUT2D eigenvalue weighted by molar-refractivity contribution is 0.415. The number of aromatic nitrogens is 4. The van der Waals surface area contributed by atoms with Gasteiger partial charge in [0.2, 0.25) is 0 Å². The minimum atomic E-state index is -0.242. The fraction of sp³-hybridized carbons (Fsp3) is 0.261. The van der Waals surface area contributed by atoms with Crippen LogP contribution in [0.3, 0.4) is 0 Å². The number of benzene rings is 2. The number of aromatic amines is 2. The maximum absolute atomic E-state index is 13.4. The highest BCUT2D eigenvalue weighted by molar-refractivity contribution is 5.83. The van der Waals surface area contributed by atoms with Gasteiger partial charge in [-0.15, -0.1) is 0 Å². The van der Waals surface area contributed by atoms with E-state index in [1.54, 1.807) is 13.2 Å². The first-order valence-electron chi connectivity index (χ1n) is 10.5. The van der Waals surface area contributed by atoms with Crippen molar-refractivity contribution in [3.63, 3.8) is 0 Å². The molecule has 4 N–H and O–H groups in total. The molecule has 0 saturated carbocycles. The normalized spacial score (nSPS) is 11.7. The van der Waals surface area contributed by atoms with Crippen LogP contribution < -0.4 is 15.4 Å². The van der Waals surface area contributed by atoms with Gasteiger partial charge in [0.1, 0.15) is 23.9 Å². The van der Waals surface area contributed by atoms with Gasteiger partial charge in [-0.3, -0.25) is 5.10 Å². The van der Waals surface area contributed by atoms with Crippen molar-refractivity contribution in [1.82, 2.24) is 30.8 Å². The van der Waals surface area contributed by atoms with Crippen LogP contribution in [0.4, 0.5) is 4.39 Å². The van der Waals surface area contributed by atoms with Crippen molar-refractivity contribution in [3.05, 3.63) is 65.9 Å². The molecule has 2 heterocycles. The lowest BCUT2D eigenvalue weighted by Crippen LogP contribution is -2.38. The minimum absolute atomic E-state index is 0.242. The van der Waals surface area contributed by atoms with E-state index in [1.807, 2.05) is 37.4 Å². The summed E-state index contributed by atoms with van der Waals surface area (Å²) in [4.78, 5) is 12.2. The quantitative estimate of drug-likeness (QED) is 0.251. The summed E-state index contributed by atoms with van der Waals surface area (Å²) in [5.74, 6) is 2.53. The molecule has 0 saturated heterocycles. The van der Waals surface area contributed by atoms with E-state index >= 15 is 0 Å². The molecule has 8 nitrogen and oxygen atoms in total. The van der Waals surface area contributed by atoms with Gasteiger partial charge >= 0.3 is 0 Å². The fourth-order valence-corrected chi connectivity index (χ4v) is 3.41. The Kier molecular flexibility index (Phi) is 6.64. The Labute approximate surface area is 185 Å². The molecule has 0 aliphatic heterocycles. The van der Waals surface area contributed by atoms with Crippen molar-refractivity contribution < 1.29 is 9.13 Å². The van der Waals surface area contributed by atoms with E-state index in [9.17, 15) is 4.39 Å². The SMILES string of the molecule is CCNC(=NCc1nc(-c2ccc(OC)cc2)n[nH]1)NCCc1c[nH]c2cc(F)ccc12. The molecule has 0 fully saturated rings. The number of hydrogen-bond acceptors (Lipinski definition) is 4. The predicted octanol–water partition coefficient (Wildman–Crippen LogP) is 3.40. The van der Waals surface area contributed by atoms with Gasteiger partial charge in [-0.2, -0.15) is 5.10 Å². The lowest BCUT2D eigenvalue weighted by Gasteiger charge is -2.10. The third-order valence-corrected chi connectivity index (χ3v) is 5.03. The smallest absolute Gasteiger partial charge is 0.191 e. The van der Waals surface area contributed by atoms with E-state index < -0.39 is 0 Å². The van der Waals surface area contributed by atoms with E-state index in [2.05, 4.69) is 35.8 Å². The summed E-state index contributed by atoms with van der Waals surface area (Å²) in [6, 6.07) is 12.4. The Morgan fingerprint density at radius 2 is 2.00 bits per heavy atom. The van der Waals surface area contributed by atoms with Gasteiger partial charge in [-0.25, -0.2) is 14.4 Å². The number of ether oxygens (including phenoxy) is 1. The van der Waals surface area contributed by atoms with Crippen molar-refractivity contribution in [2.75, 3.05) is 20.2 Å². The average molecular weight is 436 g/mol. The zero-order valence-electron chi connectivity index (χ0n) is 18.1. The number of H-pyrrole nitrogens is 2. The second-order valence-electron chi connectivity index (χ2n) is 7.21. The number of rotatable bonds is 8. The number of hydrogen-bond donors (Lipinski definition) is 4. The Morgan fingerprint density at radius 1 is 1.16 bits per heavy atom. The predicted molar refractivity (Wildman–Crippen MR) is 123 cm³/mol. The van der Waals surface area contributed by atoms with E-state index in [4.69, 9.17) is 4.74 Å². The van der Waals surface area contributed by atoms with Gasteiger partial charge in [0.25, 0.3) is 0 Å². The van der Waals surface area contributed by atoms with E-state index in [-0.39, 0.29) is 5.82 Å². The number of methoxy groups -OCH3 is 1. The summed E-state index contributed by atoms with van der Waals surface area (Å²) in [7, 11) is 1.63. The van der Waals surface area contributed by atoms with Crippen LogP contribution in [0.25, 0.3) is 22.3 Å². The van der Waals surface area contributed by atoms with Crippen molar-refractivity contribution in [1.29, 1.82) is 0 Å². The molecule has 0 aliphatic carbocycles. The fourth-order valence-electron chi connectivity index (χ4n) is 3.41. The van der Waals surface area contributed by atoms with Crippen LogP contribution in [0, 0.1) is 5.82 Å². The van der Waals surface area contributed by atoms with Gasteiger partial charge in [0, 0.05) is 35.8 Å². The number of nitrogens with one attached hydrogen (secondary N) is 4. The van der Waals surface area contributed by atoms with Crippen molar-refractivity contribution in [2.45, 2.75) is 19.9 Å². The Bertz CT molecular complexity index is 1200. The molecule has 0 radical (unpaired) electrons. The first-order chi connectivity index (χ1) is 15.7. The number of fused-ring (bicyclic) bond motifs is 1. The highest BCUT2D eigenvalue weighted by Gasteiger charge is 2.08. The van der Waals surface area contributed by atoms with Crippen LogP contribution in [0.15, 0.2) is 53.7 Å². The first kappa shape index (κ1) is 21.4. The van der Waals surface area contributed by atoms with Crippen molar-refractivity contribution in [3.8, 4) is 17.1 Å². The molecule has 0 amide bonds. The summed E-state index contributed by atoms with van der Waals surface area (Å²) in [6.07, 6.45) is 2.70. The number of guanidine groups is 1. The second-order valence-corrected chi connectivity index (χ2v) is 7.21.